The molecule has 0 saturated carbocycles. The predicted molar refractivity (Wildman–Crippen MR) is 119 cm³/mol. The van der Waals surface area contributed by atoms with Gasteiger partial charge in [0.25, 0.3) is 5.91 Å². The topological polar surface area (TPSA) is 126 Å². The molecule has 0 radical (unpaired) electrons. The van der Waals surface area contributed by atoms with Gasteiger partial charge in [-0.1, -0.05) is 12.1 Å². The van der Waals surface area contributed by atoms with E-state index in [1.54, 1.807) is 36.7 Å². The number of carbonyl (C=O) groups excluding carboxylic acids is 1. The van der Waals surface area contributed by atoms with E-state index < -0.39 is 19.7 Å². The minimum absolute atomic E-state index is 0.000691. The quantitative estimate of drug-likeness (QED) is 0.447. The molecule has 0 atom stereocenters. The van der Waals surface area contributed by atoms with E-state index in [0.717, 1.165) is 22.7 Å². The van der Waals surface area contributed by atoms with Crippen LogP contribution in [0.2, 0.25) is 0 Å². The summed E-state index contributed by atoms with van der Waals surface area (Å²) in [7, 11) is -7.21. The monoisotopic (exact) mass is 469 g/mol. The summed E-state index contributed by atoms with van der Waals surface area (Å²) in [6.07, 6.45) is 4.36. The number of hydrogen-bond acceptors (Lipinski definition) is 6. The number of fused-ring (bicyclic) bond motifs is 1. The molecule has 0 bridgehead atoms. The first-order valence-electron chi connectivity index (χ1n) is 9.50. The van der Waals surface area contributed by atoms with Crippen LogP contribution in [0.15, 0.2) is 87.7 Å². The highest BCUT2D eigenvalue weighted by Gasteiger charge is 2.19. The summed E-state index contributed by atoms with van der Waals surface area (Å²) in [6.45, 7) is 0.218. The van der Waals surface area contributed by atoms with Crippen LogP contribution in [0, 0.1) is 0 Å². The molecule has 2 heterocycles. The van der Waals surface area contributed by atoms with Gasteiger partial charge in [0, 0.05) is 36.1 Å². The van der Waals surface area contributed by atoms with Crippen molar-refractivity contribution in [1.29, 1.82) is 0 Å². The Morgan fingerprint density at radius 1 is 0.906 bits per heavy atom. The number of benzene rings is 2. The van der Waals surface area contributed by atoms with Crippen LogP contribution in [0.25, 0.3) is 10.9 Å². The molecular formula is C22H19N3O5S2. The van der Waals surface area contributed by atoms with Crippen molar-refractivity contribution < 1.29 is 21.6 Å². The summed E-state index contributed by atoms with van der Waals surface area (Å²) >= 11 is 0. The standard InChI is InChI=1S/C22H19N3O5S2/c1-31(27,28)17-6-8-19(9-7-17)32(29,30)18-4-2-15(3-5-18)13-24-22(26)21-12-16-14-23-11-10-20(16)25-21/h2-12,14,25H,13H2,1H3,(H,24,26). The Bertz CT molecular complexity index is 1470. The molecule has 2 aromatic carbocycles. The zero-order chi connectivity index (χ0) is 22.9. The third kappa shape index (κ3) is 4.41. The molecule has 0 aliphatic carbocycles. The first kappa shape index (κ1) is 21.7. The Hall–Kier alpha value is -3.50. The number of H-pyrrole nitrogens is 1. The Balaban J connectivity index is 1.45. The van der Waals surface area contributed by atoms with E-state index in [4.69, 9.17) is 0 Å². The zero-order valence-corrected chi connectivity index (χ0v) is 18.6. The lowest BCUT2D eigenvalue weighted by atomic mass is 10.2. The van der Waals surface area contributed by atoms with Crippen molar-refractivity contribution in [3.8, 4) is 0 Å². The molecule has 4 rings (SSSR count). The molecule has 8 nitrogen and oxygen atoms in total. The van der Waals surface area contributed by atoms with Gasteiger partial charge >= 0.3 is 0 Å². The summed E-state index contributed by atoms with van der Waals surface area (Å²) < 4.78 is 48.8. The van der Waals surface area contributed by atoms with Gasteiger partial charge in [-0.25, -0.2) is 16.8 Å². The molecule has 0 fully saturated rings. The van der Waals surface area contributed by atoms with Crippen molar-refractivity contribution in [3.05, 3.63) is 84.3 Å². The SMILES string of the molecule is CS(=O)(=O)c1ccc(S(=O)(=O)c2ccc(CNC(=O)c3cc4cnccc4[nH]3)cc2)cc1. The number of pyridine rings is 1. The maximum Gasteiger partial charge on any atom is 0.267 e. The first-order valence-corrected chi connectivity index (χ1v) is 12.9. The maximum absolute atomic E-state index is 12.8. The number of sulfone groups is 2. The van der Waals surface area contributed by atoms with Gasteiger partial charge < -0.3 is 10.3 Å². The average molecular weight is 470 g/mol. The van der Waals surface area contributed by atoms with Crippen LogP contribution < -0.4 is 5.32 Å². The Morgan fingerprint density at radius 3 is 2.09 bits per heavy atom. The fourth-order valence-corrected chi connectivity index (χ4v) is 5.05. The summed E-state index contributed by atoms with van der Waals surface area (Å²) in [6, 6.07) is 14.7. The van der Waals surface area contributed by atoms with Crippen LogP contribution in [0.1, 0.15) is 16.1 Å². The number of carbonyl (C=O) groups is 1. The molecule has 0 spiro atoms. The molecule has 164 valence electrons. The van der Waals surface area contributed by atoms with Crippen LogP contribution in [0.5, 0.6) is 0 Å². The molecule has 4 aromatic rings. The van der Waals surface area contributed by atoms with Gasteiger partial charge in [0.15, 0.2) is 9.84 Å². The minimum atomic E-state index is -3.80. The second kappa shape index (κ2) is 8.21. The van der Waals surface area contributed by atoms with Crippen LogP contribution >= 0.6 is 0 Å². The van der Waals surface area contributed by atoms with Gasteiger partial charge in [-0.15, -0.1) is 0 Å². The van der Waals surface area contributed by atoms with E-state index in [1.165, 1.54) is 36.4 Å². The van der Waals surface area contributed by atoms with Gasteiger partial charge in [0.05, 0.1) is 14.7 Å². The van der Waals surface area contributed by atoms with E-state index in [1.807, 2.05) is 0 Å². The van der Waals surface area contributed by atoms with E-state index in [9.17, 15) is 21.6 Å². The van der Waals surface area contributed by atoms with Gasteiger partial charge in [0.1, 0.15) is 5.69 Å². The van der Waals surface area contributed by atoms with E-state index in [2.05, 4.69) is 15.3 Å². The van der Waals surface area contributed by atoms with Crippen molar-refractivity contribution in [3.63, 3.8) is 0 Å². The normalized spacial score (nSPS) is 12.0. The molecule has 0 unspecified atom stereocenters. The number of aromatic amines is 1. The molecule has 0 aliphatic rings. The summed E-state index contributed by atoms with van der Waals surface area (Å²) in [5.41, 5.74) is 1.94. The van der Waals surface area contributed by atoms with Crippen LogP contribution in [-0.4, -0.2) is 39.0 Å². The Labute approximate surface area is 185 Å². The van der Waals surface area contributed by atoms with Gasteiger partial charge in [0.2, 0.25) is 9.84 Å². The number of nitrogens with one attached hydrogen (secondary N) is 2. The highest BCUT2D eigenvalue weighted by atomic mass is 32.2. The van der Waals surface area contributed by atoms with E-state index >= 15 is 0 Å². The third-order valence-corrected chi connectivity index (χ3v) is 7.83. The second-order valence-electron chi connectivity index (χ2n) is 7.22. The van der Waals surface area contributed by atoms with Gasteiger partial charge in [-0.05, 0) is 54.1 Å². The number of aromatic nitrogens is 2. The minimum Gasteiger partial charge on any atom is -0.350 e. The second-order valence-corrected chi connectivity index (χ2v) is 11.2. The lowest BCUT2D eigenvalue weighted by Gasteiger charge is -2.08. The number of amides is 1. The molecule has 10 heteroatoms. The van der Waals surface area contributed by atoms with Crippen molar-refractivity contribution in [1.82, 2.24) is 15.3 Å². The van der Waals surface area contributed by atoms with Crippen molar-refractivity contribution >= 4 is 36.5 Å². The summed E-state index contributed by atoms with van der Waals surface area (Å²) in [5.74, 6) is -0.288. The van der Waals surface area contributed by atoms with Crippen LogP contribution in [0.3, 0.4) is 0 Å². The highest BCUT2D eigenvalue weighted by molar-refractivity contribution is 7.91. The van der Waals surface area contributed by atoms with Crippen molar-refractivity contribution in [2.24, 2.45) is 0 Å². The van der Waals surface area contributed by atoms with Crippen LogP contribution in [-0.2, 0) is 26.2 Å². The fraction of sp³-hybridized carbons (Fsp3) is 0.0909. The summed E-state index contributed by atoms with van der Waals surface area (Å²) in [5, 5.41) is 3.62. The molecule has 0 saturated heterocycles. The largest absolute Gasteiger partial charge is 0.350 e. The Morgan fingerprint density at radius 2 is 1.50 bits per heavy atom. The average Bonchev–Trinajstić information content (AvgIpc) is 3.22. The maximum atomic E-state index is 12.8. The zero-order valence-electron chi connectivity index (χ0n) is 16.9. The number of hydrogen-bond donors (Lipinski definition) is 2. The van der Waals surface area contributed by atoms with E-state index in [-0.39, 0.29) is 27.1 Å². The first-order chi connectivity index (χ1) is 15.1. The highest BCUT2D eigenvalue weighted by Crippen LogP contribution is 2.23. The number of rotatable bonds is 6. The molecule has 0 aliphatic heterocycles. The fourth-order valence-electron chi connectivity index (χ4n) is 3.16. The number of nitrogens with zero attached hydrogens (tertiary/aromatic N) is 1. The van der Waals surface area contributed by atoms with E-state index in [0.29, 0.717) is 5.69 Å². The van der Waals surface area contributed by atoms with Gasteiger partial charge in [-0.2, -0.15) is 0 Å². The van der Waals surface area contributed by atoms with Gasteiger partial charge in [-0.3, -0.25) is 9.78 Å². The predicted octanol–water partition coefficient (Wildman–Crippen LogP) is 2.73. The molecule has 32 heavy (non-hydrogen) atoms. The van der Waals surface area contributed by atoms with Crippen molar-refractivity contribution in [2.45, 2.75) is 21.2 Å². The molecule has 2 N–H and O–H groups in total. The van der Waals surface area contributed by atoms with Crippen LogP contribution in [0.4, 0.5) is 0 Å². The Kier molecular flexibility index (Phi) is 5.57. The lowest BCUT2D eigenvalue weighted by Crippen LogP contribution is -2.23. The molecule has 2 aromatic heterocycles. The smallest absolute Gasteiger partial charge is 0.267 e. The summed E-state index contributed by atoms with van der Waals surface area (Å²) in [4.78, 5) is 19.6. The third-order valence-electron chi connectivity index (χ3n) is 4.91. The molecule has 1 amide bonds. The lowest BCUT2D eigenvalue weighted by molar-refractivity contribution is 0.0946. The van der Waals surface area contributed by atoms with Crippen molar-refractivity contribution in [2.75, 3.05) is 6.26 Å². The molecular weight excluding hydrogens is 450 g/mol.